The van der Waals surface area contributed by atoms with Crippen molar-refractivity contribution < 1.29 is 35.2 Å². The predicted molar refractivity (Wildman–Crippen MR) is 98.0 cm³/mol. The number of hydrogen-bond acceptors (Lipinski definition) is 4. The van der Waals surface area contributed by atoms with Crippen molar-refractivity contribution in [3.05, 3.63) is 64.2 Å². The van der Waals surface area contributed by atoms with E-state index in [9.17, 15) is 30.4 Å². The van der Waals surface area contributed by atoms with Crippen LogP contribution >= 0.6 is 11.6 Å². The van der Waals surface area contributed by atoms with Gasteiger partial charge in [0.15, 0.2) is 0 Å². The van der Waals surface area contributed by atoms with Crippen molar-refractivity contribution in [1.82, 2.24) is 0 Å². The first-order valence-corrected chi connectivity index (χ1v) is 9.82. The van der Waals surface area contributed by atoms with Gasteiger partial charge in [-0.3, -0.25) is 4.72 Å². The number of sulfonamides is 1. The van der Waals surface area contributed by atoms with E-state index in [-0.39, 0.29) is 34.9 Å². The lowest BCUT2D eigenvalue weighted by molar-refractivity contribution is -0.0429. The SMILES string of the molecule is CC/C(=N\OCc1ccc(F)cc1F)c1cc(Cl)ccc1NS(=O)(=O)C(F)(F)F. The Bertz CT molecular complexity index is 1030. The van der Waals surface area contributed by atoms with E-state index in [4.69, 9.17) is 16.4 Å². The molecule has 5 nitrogen and oxygen atoms in total. The molecule has 0 bridgehead atoms. The van der Waals surface area contributed by atoms with Gasteiger partial charge in [-0.05, 0) is 36.8 Å². The molecule has 12 heteroatoms. The summed E-state index contributed by atoms with van der Waals surface area (Å²) in [7, 11) is -5.68. The molecule has 0 spiro atoms. The van der Waals surface area contributed by atoms with Crippen molar-refractivity contribution in [2.45, 2.75) is 25.5 Å². The minimum absolute atomic E-state index is 0.00491. The number of halogens is 6. The van der Waals surface area contributed by atoms with E-state index in [0.29, 0.717) is 6.07 Å². The maximum absolute atomic E-state index is 13.6. The third-order valence-electron chi connectivity index (χ3n) is 3.59. The predicted octanol–water partition coefficient (Wildman–Crippen LogP) is 5.21. The van der Waals surface area contributed by atoms with Crippen molar-refractivity contribution in [1.29, 1.82) is 0 Å². The molecule has 1 N–H and O–H groups in total. The molecule has 0 aliphatic heterocycles. The zero-order valence-electron chi connectivity index (χ0n) is 14.7. The Morgan fingerprint density at radius 3 is 2.45 bits per heavy atom. The molecule has 2 aromatic carbocycles. The van der Waals surface area contributed by atoms with Gasteiger partial charge in [-0.1, -0.05) is 23.7 Å². The summed E-state index contributed by atoms with van der Waals surface area (Å²) in [5, 5.41) is 3.86. The maximum atomic E-state index is 13.6. The minimum atomic E-state index is -5.68. The number of benzene rings is 2. The van der Waals surface area contributed by atoms with Gasteiger partial charge in [0.2, 0.25) is 0 Å². The van der Waals surface area contributed by atoms with Gasteiger partial charge in [0.1, 0.15) is 18.2 Å². The fraction of sp³-hybridized carbons (Fsp3) is 0.235. The molecular weight excluding hydrogens is 443 g/mol. The second kappa shape index (κ2) is 8.95. The number of anilines is 1. The van der Waals surface area contributed by atoms with Crippen LogP contribution in [0.2, 0.25) is 5.02 Å². The molecule has 29 heavy (non-hydrogen) atoms. The first kappa shape index (κ1) is 22.9. The molecule has 0 aliphatic carbocycles. The average Bonchev–Trinajstić information content (AvgIpc) is 2.61. The molecule has 0 saturated carbocycles. The van der Waals surface area contributed by atoms with Gasteiger partial charge in [-0.15, -0.1) is 0 Å². The average molecular weight is 457 g/mol. The van der Waals surface area contributed by atoms with Crippen LogP contribution in [0.25, 0.3) is 0 Å². The Kier molecular flexibility index (Phi) is 7.06. The van der Waals surface area contributed by atoms with E-state index >= 15 is 0 Å². The monoisotopic (exact) mass is 456 g/mol. The molecule has 0 fully saturated rings. The molecule has 0 saturated heterocycles. The van der Waals surface area contributed by atoms with Gasteiger partial charge in [-0.25, -0.2) is 8.78 Å². The van der Waals surface area contributed by atoms with Crippen molar-refractivity contribution >= 4 is 33.0 Å². The van der Waals surface area contributed by atoms with E-state index in [1.807, 2.05) is 0 Å². The summed E-state index contributed by atoms with van der Waals surface area (Å²) < 4.78 is 88.9. The summed E-state index contributed by atoms with van der Waals surface area (Å²) in [4.78, 5) is 5.02. The Labute approximate surface area is 168 Å². The highest BCUT2D eigenvalue weighted by atomic mass is 35.5. The van der Waals surface area contributed by atoms with Gasteiger partial charge >= 0.3 is 15.5 Å². The highest BCUT2D eigenvalue weighted by molar-refractivity contribution is 7.93. The number of nitrogens with zero attached hydrogens (tertiary/aromatic N) is 1. The van der Waals surface area contributed by atoms with Crippen molar-refractivity contribution in [2.24, 2.45) is 5.16 Å². The number of nitrogens with one attached hydrogen (secondary N) is 1. The van der Waals surface area contributed by atoms with Gasteiger partial charge in [0, 0.05) is 22.2 Å². The van der Waals surface area contributed by atoms with Crippen LogP contribution in [0.3, 0.4) is 0 Å². The van der Waals surface area contributed by atoms with Crippen LogP contribution < -0.4 is 4.72 Å². The van der Waals surface area contributed by atoms with E-state index in [1.165, 1.54) is 16.9 Å². The van der Waals surface area contributed by atoms with Crippen molar-refractivity contribution in [3.63, 3.8) is 0 Å². The lowest BCUT2D eigenvalue weighted by Gasteiger charge is -2.15. The molecule has 0 aromatic heterocycles. The first-order chi connectivity index (χ1) is 13.4. The summed E-state index contributed by atoms with van der Waals surface area (Å²) >= 11 is 5.86. The molecule has 2 rings (SSSR count). The number of oxime groups is 1. The smallest absolute Gasteiger partial charge is 0.391 e. The highest BCUT2D eigenvalue weighted by Crippen LogP contribution is 2.29. The molecule has 158 valence electrons. The number of rotatable bonds is 7. The van der Waals surface area contributed by atoms with E-state index < -0.39 is 32.9 Å². The normalized spacial score (nSPS) is 12.7. The summed E-state index contributed by atoms with van der Waals surface area (Å²) in [6.45, 7) is 1.20. The Hall–Kier alpha value is -2.40. The molecule has 2 aromatic rings. The van der Waals surface area contributed by atoms with Crippen LogP contribution in [-0.2, 0) is 21.5 Å². The summed E-state index contributed by atoms with van der Waals surface area (Å²) in [6, 6.07) is 6.28. The third-order valence-corrected chi connectivity index (χ3v) is 4.92. The fourth-order valence-electron chi connectivity index (χ4n) is 2.17. The van der Waals surface area contributed by atoms with Gasteiger partial charge < -0.3 is 4.84 Å². The van der Waals surface area contributed by atoms with Crippen LogP contribution in [0, 0.1) is 11.6 Å². The van der Waals surface area contributed by atoms with Crippen LogP contribution in [0.5, 0.6) is 0 Å². The zero-order chi connectivity index (χ0) is 21.8. The Balaban J connectivity index is 2.32. The summed E-state index contributed by atoms with van der Waals surface area (Å²) in [6.07, 6.45) is 0.118. The molecule has 0 radical (unpaired) electrons. The molecule has 0 unspecified atom stereocenters. The van der Waals surface area contributed by atoms with Gasteiger partial charge in [-0.2, -0.15) is 21.6 Å². The highest BCUT2D eigenvalue weighted by Gasteiger charge is 2.46. The lowest BCUT2D eigenvalue weighted by atomic mass is 10.1. The largest absolute Gasteiger partial charge is 0.516 e. The van der Waals surface area contributed by atoms with Crippen molar-refractivity contribution in [3.8, 4) is 0 Å². The second-order valence-electron chi connectivity index (χ2n) is 5.64. The summed E-state index contributed by atoms with van der Waals surface area (Å²) in [5.74, 6) is -1.64. The maximum Gasteiger partial charge on any atom is 0.516 e. The van der Waals surface area contributed by atoms with Crippen LogP contribution in [0.1, 0.15) is 24.5 Å². The second-order valence-corrected chi connectivity index (χ2v) is 7.75. The number of alkyl halides is 3. The van der Waals surface area contributed by atoms with E-state index in [1.54, 1.807) is 6.92 Å². The molecule has 0 aliphatic rings. The van der Waals surface area contributed by atoms with Gasteiger partial charge in [0.25, 0.3) is 0 Å². The van der Waals surface area contributed by atoms with Gasteiger partial charge in [0.05, 0.1) is 11.4 Å². The lowest BCUT2D eigenvalue weighted by Crippen LogP contribution is -2.30. The molecule has 0 atom stereocenters. The Morgan fingerprint density at radius 2 is 1.86 bits per heavy atom. The third kappa shape index (κ3) is 5.80. The molecule has 0 heterocycles. The summed E-state index contributed by atoms with van der Waals surface area (Å²) in [5.41, 5.74) is -5.94. The quantitative estimate of drug-likeness (QED) is 0.353. The Morgan fingerprint density at radius 1 is 1.17 bits per heavy atom. The van der Waals surface area contributed by atoms with E-state index in [2.05, 4.69) is 5.16 Å². The molecule has 0 amide bonds. The zero-order valence-corrected chi connectivity index (χ0v) is 16.3. The fourth-order valence-corrected chi connectivity index (χ4v) is 2.92. The minimum Gasteiger partial charge on any atom is -0.391 e. The first-order valence-electron chi connectivity index (χ1n) is 7.96. The molecular formula is C17H14ClF5N2O3S. The van der Waals surface area contributed by atoms with Crippen LogP contribution in [0.4, 0.5) is 27.6 Å². The van der Waals surface area contributed by atoms with Crippen LogP contribution in [0.15, 0.2) is 41.6 Å². The topological polar surface area (TPSA) is 67.8 Å². The van der Waals surface area contributed by atoms with Crippen molar-refractivity contribution in [2.75, 3.05) is 4.72 Å². The standard InChI is InChI=1S/C17H14ClF5N2O3S/c1-2-15(24-28-9-10-3-5-12(19)8-14(10)20)13-7-11(18)4-6-16(13)25-29(26,27)17(21,22)23/h3-8,25H,2,9H2,1H3/b24-15+. The van der Waals surface area contributed by atoms with Crippen LogP contribution in [-0.4, -0.2) is 19.6 Å². The van der Waals surface area contributed by atoms with E-state index in [0.717, 1.165) is 18.2 Å². The number of hydrogen-bond donors (Lipinski definition) is 1.